The minimum absolute atomic E-state index is 0.591. The van der Waals surface area contributed by atoms with Crippen LogP contribution in [-0.2, 0) is 6.54 Å². The summed E-state index contributed by atoms with van der Waals surface area (Å²) in [7, 11) is 4.93. The molecule has 0 fully saturated rings. The average Bonchev–Trinajstić information content (AvgIpc) is 3.04. The molecule has 152 valence electrons. The summed E-state index contributed by atoms with van der Waals surface area (Å²) in [5.74, 6) is 2.27. The van der Waals surface area contributed by atoms with Gasteiger partial charge in [0.25, 0.3) is 0 Å². The number of aromatic nitrogens is 1. The maximum Gasteiger partial charge on any atom is 0.161 e. The number of rotatable bonds is 8. The number of benzene rings is 2. The zero-order chi connectivity index (χ0) is 20.8. The minimum atomic E-state index is 0.591. The van der Waals surface area contributed by atoms with Crippen LogP contribution in [0, 0.1) is 13.8 Å². The third kappa shape index (κ3) is 4.54. The normalized spacial score (nSPS) is 10.9. The van der Waals surface area contributed by atoms with E-state index >= 15 is 0 Å². The van der Waals surface area contributed by atoms with E-state index in [0.29, 0.717) is 18.0 Å². The Kier molecular flexibility index (Phi) is 6.44. The number of hydrogen-bond acceptors (Lipinski definition) is 5. The van der Waals surface area contributed by atoms with Crippen LogP contribution in [0.3, 0.4) is 0 Å². The summed E-state index contributed by atoms with van der Waals surface area (Å²) >= 11 is 0. The van der Waals surface area contributed by atoms with E-state index in [0.717, 1.165) is 34.0 Å². The number of nitrogens with one attached hydrogen (secondary N) is 1. The Labute approximate surface area is 171 Å². The summed E-state index contributed by atoms with van der Waals surface area (Å²) in [5, 5.41) is 4.39. The lowest BCUT2D eigenvalue weighted by atomic mass is 10.2. The van der Waals surface area contributed by atoms with E-state index in [2.05, 4.69) is 47.1 Å². The van der Waals surface area contributed by atoms with E-state index in [-0.39, 0.29) is 0 Å². The van der Waals surface area contributed by atoms with E-state index in [4.69, 9.17) is 14.2 Å². The summed E-state index contributed by atoms with van der Waals surface area (Å²) in [6.45, 7) is 4.77. The van der Waals surface area contributed by atoms with Crippen LogP contribution in [0.2, 0.25) is 0 Å². The third-order valence-corrected chi connectivity index (χ3v) is 4.83. The van der Waals surface area contributed by atoms with E-state index in [9.17, 15) is 0 Å². The van der Waals surface area contributed by atoms with Crippen LogP contribution in [0.5, 0.6) is 17.2 Å². The predicted octanol–water partition coefficient (Wildman–Crippen LogP) is 4.24. The fourth-order valence-electron chi connectivity index (χ4n) is 3.29. The molecule has 3 aromatic rings. The molecule has 1 aromatic heterocycles. The number of hydrogen-bond donors (Lipinski definition) is 1. The first kappa shape index (κ1) is 20.3. The Balaban J connectivity index is 1.70. The van der Waals surface area contributed by atoms with Gasteiger partial charge in [0, 0.05) is 22.6 Å². The van der Waals surface area contributed by atoms with Crippen LogP contribution in [-0.4, -0.2) is 32.1 Å². The van der Waals surface area contributed by atoms with Crippen molar-refractivity contribution in [2.24, 2.45) is 5.10 Å². The Morgan fingerprint density at radius 2 is 1.62 bits per heavy atom. The maximum atomic E-state index is 5.34. The SMILES string of the molecule is COc1ccc(-n2c(C)cc(/C=N\NCc3ccc(OC)c(OC)c3)c2C)cc1. The van der Waals surface area contributed by atoms with Gasteiger partial charge in [0.05, 0.1) is 34.1 Å². The molecule has 2 aromatic carbocycles. The van der Waals surface area contributed by atoms with Gasteiger partial charge in [-0.3, -0.25) is 0 Å². The summed E-state index contributed by atoms with van der Waals surface area (Å²) in [4.78, 5) is 0. The number of ether oxygens (including phenoxy) is 3. The van der Waals surface area contributed by atoms with E-state index < -0.39 is 0 Å². The standard InChI is InChI=1S/C23H27N3O3/c1-16-12-19(17(2)26(16)20-7-9-21(27-3)10-8-20)15-25-24-14-18-6-11-22(28-4)23(13-18)29-5/h6-13,15,24H,14H2,1-5H3/b25-15-. The van der Waals surface area contributed by atoms with Crippen molar-refractivity contribution in [2.75, 3.05) is 21.3 Å². The van der Waals surface area contributed by atoms with Gasteiger partial charge in [-0.2, -0.15) is 5.10 Å². The Bertz CT molecular complexity index is 991. The minimum Gasteiger partial charge on any atom is -0.497 e. The second kappa shape index (κ2) is 9.19. The highest BCUT2D eigenvalue weighted by atomic mass is 16.5. The molecule has 0 saturated carbocycles. The molecule has 0 aliphatic heterocycles. The monoisotopic (exact) mass is 393 g/mol. The van der Waals surface area contributed by atoms with Gasteiger partial charge in [0.1, 0.15) is 5.75 Å². The fraction of sp³-hybridized carbons (Fsp3) is 0.261. The number of aryl methyl sites for hydroxylation is 1. The Morgan fingerprint density at radius 3 is 2.28 bits per heavy atom. The van der Waals surface area contributed by atoms with Crippen molar-refractivity contribution in [3.8, 4) is 22.9 Å². The average molecular weight is 393 g/mol. The van der Waals surface area contributed by atoms with E-state index in [1.165, 1.54) is 0 Å². The molecular weight excluding hydrogens is 366 g/mol. The summed E-state index contributed by atoms with van der Waals surface area (Å²) in [6.07, 6.45) is 1.85. The van der Waals surface area contributed by atoms with Gasteiger partial charge in [0.15, 0.2) is 11.5 Å². The second-order valence-corrected chi connectivity index (χ2v) is 6.64. The lowest BCUT2D eigenvalue weighted by Gasteiger charge is -2.10. The van der Waals surface area contributed by atoms with Crippen molar-refractivity contribution in [1.82, 2.24) is 9.99 Å². The largest absolute Gasteiger partial charge is 0.497 e. The molecule has 0 unspecified atom stereocenters. The molecule has 0 bridgehead atoms. The number of methoxy groups -OCH3 is 3. The van der Waals surface area contributed by atoms with E-state index in [1.54, 1.807) is 21.3 Å². The predicted molar refractivity (Wildman–Crippen MR) is 116 cm³/mol. The highest BCUT2D eigenvalue weighted by Gasteiger charge is 2.09. The molecule has 0 amide bonds. The fourth-order valence-corrected chi connectivity index (χ4v) is 3.29. The molecule has 0 saturated heterocycles. The molecule has 0 spiro atoms. The lowest BCUT2D eigenvalue weighted by Crippen LogP contribution is -2.06. The van der Waals surface area contributed by atoms with Crippen LogP contribution in [0.4, 0.5) is 0 Å². The summed E-state index contributed by atoms with van der Waals surface area (Å²) in [5.41, 5.74) is 8.60. The van der Waals surface area contributed by atoms with Gasteiger partial charge < -0.3 is 24.2 Å². The molecule has 6 heteroatoms. The topological polar surface area (TPSA) is 57.0 Å². The molecule has 1 heterocycles. The van der Waals surface area contributed by atoms with Crippen LogP contribution in [0.15, 0.2) is 53.6 Å². The zero-order valence-corrected chi connectivity index (χ0v) is 17.5. The lowest BCUT2D eigenvalue weighted by molar-refractivity contribution is 0.354. The molecule has 29 heavy (non-hydrogen) atoms. The van der Waals surface area contributed by atoms with Crippen LogP contribution in [0.25, 0.3) is 5.69 Å². The molecule has 0 aliphatic rings. The van der Waals surface area contributed by atoms with Crippen molar-refractivity contribution >= 4 is 6.21 Å². The first-order chi connectivity index (χ1) is 14.1. The molecule has 0 radical (unpaired) electrons. The van der Waals surface area contributed by atoms with Crippen molar-refractivity contribution < 1.29 is 14.2 Å². The smallest absolute Gasteiger partial charge is 0.161 e. The first-order valence-corrected chi connectivity index (χ1v) is 9.37. The van der Waals surface area contributed by atoms with Crippen molar-refractivity contribution in [3.63, 3.8) is 0 Å². The van der Waals surface area contributed by atoms with Gasteiger partial charge in [-0.15, -0.1) is 0 Å². The van der Waals surface area contributed by atoms with Crippen molar-refractivity contribution in [2.45, 2.75) is 20.4 Å². The highest BCUT2D eigenvalue weighted by molar-refractivity contribution is 5.82. The second-order valence-electron chi connectivity index (χ2n) is 6.64. The van der Waals surface area contributed by atoms with Crippen LogP contribution in [0.1, 0.15) is 22.5 Å². The summed E-state index contributed by atoms with van der Waals surface area (Å²) in [6, 6.07) is 16.0. The number of nitrogens with zero attached hydrogens (tertiary/aromatic N) is 2. The Hall–Kier alpha value is -3.41. The van der Waals surface area contributed by atoms with Crippen LogP contribution < -0.4 is 19.6 Å². The van der Waals surface area contributed by atoms with Gasteiger partial charge in [0.2, 0.25) is 0 Å². The molecule has 6 nitrogen and oxygen atoms in total. The number of hydrazone groups is 1. The molecule has 0 aliphatic carbocycles. The van der Waals surface area contributed by atoms with Gasteiger partial charge in [-0.1, -0.05) is 6.07 Å². The van der Waals surface area contributed by atoms with E-state index in [1.807, 2.05) is 36.5 Å². The molecule has 3 rings (SSSR count). The molecule has 0 atom stereocenters. The van der Waals surface area contributed by atoms with Crippen molar-refractivity contribution in [1.29, 1.82) is 0 Å². The van der Waals surface area contributed by atoms with Gasteiger partial charge in [-0.25, -0.2) is 0 Å². The van der Waals surface area contributed by atoms with Gasteiger partial charge in [-0.05, 0) is 61.9 Å². The van der Waals surface area contributed by atoms with Crippen molar-refractivity contribution in [3.05, 3.63) is 71.0 Å². The molecular formula is C23H27N3O3. The molecule has 1 N–H and O–H groups in total. The zero-order valence-electron chi connectivity index (χ0n) is 17.5. The third-order valence-electron chi connectivity index (χ3n) is 4.83. The Morgan fingerprint density at radius 1 is 0.897 bits per heavy atom. The quantitative estimate of drug-likeness (QED) is 0.459. The van der Waals surface area contributed by atoms with Crippen LogP contribution >= 0.6 is 0 Å². The van der Waals surface area contributed by atoms with Gasteiger partial charge >= 0.3 is 0 Å². The summed E-state index contributed by atoms with van der Waals surface area (Å²) < 4.78 is 18.1. The maximum absolute atomic E-state index is 5.34. The first-order valence-electron chi connectivity index (χ1n) is 9.37. The highest BCUT2D eigenvalue weighted by Crippen LogP contribution is 2.27.